The zero-order valence-electron chi connectivity index (χ0n) is 10.1. The van der Waals surface area contributed by atoms with Gasteiger partial charge in [-0.1, -0.05) is 12.1 Å². The van der Waals surface area contributed by atoms with E-state index in [9.17, 15) is 4.79 Å². The Balaban J connectivity index is 2.69. The Kier molecular flexibility index (Phi) is 4.65. The summed E-state index contributed by atoms with van der Waals surface area (Å²) in [6.45, 7) is 4.44. The molecule has 0 heterocycles. The fraction of sp³-hybridized carbons (Fsp3) is 0.462. The fourth-order valence-electron chi connectivity index (χ4n) is 1.54. The monoisotopic (exact) mass is 221 g/mol. The Morgan fingerprint density at radius 1 is 1.38 bits per heavy atom. The van der Waals surface area contributed by atoms with Crippen molar-refractivity contribution in [3.05, 3.63) is 34.9 Å². The van der Waals surface area contributed by atoms with E-state index in [1.807, 2.05) is 32.0 Å². The number of rotatable bonds is 5. The number of benzene rings is 1. The second-order valence-corrected chi connectivity index (χ2v) is 4.14. The predicted molar refractivity (Wildman–Crippen MR) is 64.7 cm³/mol. The van der Waals surface area contributed by atoms with Gasteiger partial charge in [0.15, 0.2) is 5.78 Å². The van der Waals surface area contributed by atoms with E-state index in [0.29, 0.717) is 13.0 Å². The van der Waals surface area contributed by atoms with Gasteiger partial charge in [-0.05, 0) is 31.0 Å². The highest BCUT2D eigenvalue weighted by atomic mass is 16.5. The maximum absolute atomic E-state index is 11.9. The molecule has 3 heteroatoms. The van der Waals surface area contributed by atoms with Gasteiger partial charge in [-0.15, -0.1) is 0 Å². The molecule has 0 saturated carbocycles. The molecule has 0 aliphatic carbocycles. The van der Waals surface area contributed by atoms with Crippen LogP contribution < -0.4 is 5.73 Å². The number of hydrogen-bond acceptors (Lipinski definition) is 3. The molecule has 0 fully saturated rings. The lowest BCUT2D eigenvalue weighted by molar-refractivity contribution is 0.0949. The van der Waals surface area contributed by atoms with E-state index in [2.05, 4.69) is 0 Å². The van der Waals surface area contributed by atoms with Gasteiger partial charge in [-0.2, -0.15) is 0 Å². The molecule has 0 aliphatic rings. The summed E-state index contributed by atoms with van der Waals surface area (Å²) in [6.07, 6.45) is 0.330. The minimum atomic E-state index is -0.223. The molecule has 0 bridgehead atoms. The van der Waals surface area contributed by atoms with Crippen molar-refractivity contribution in [3.63, 3.8) is 0 Å². The van der Waals surface area contributed by atoms with Crippen LogP contribution in [0, 0.1) is 13.8 Å². The highest BCUT2D eigenvalue weighted by molar-refractivity contribution is 5.96. The second-order valence-electron chi connectivity index (χ2n) is 4.14. The Bertz CT molecular complexity index is 374. The van der Waals surface area contributed by atoms with Crippen LogP contribution in [0.1, 0.15) is 27.9 Å². The molecule has 2 N–H and O–H groups in total. The van der Waals surface area contributed by atoms with Crippen LogP contribution in [0.2, 0.25) is 0 Å². The quantitative estimate of drug-likeness (QED) is 0.772. The van der Waals surface area contributed by atoms with Gasteiger partial charge in [-0.3, -0.25) is 4.79 Å². The molecule has 1 aromatic rings. The minimum Gasteiger partial charge on any atom is -0.383 e. The predicted octanol–water partition coefficient (Wildman–Crippen LogP) is 1.85. The fourth-order valence-corrected chi connectivity index (χ4v) is 1.54. The van der Waals surface area contributed by atoms with Crippen LogP contribution in [0.5, 0.6) is 0 Å². The van der Waals surface area contributed by atoms with Crippen molar-refractivity contribution >= 4 is 5.78 Å². The third kappa shape index (κ3) is 3.43. The SMILES string of the molecule is COCC(N)CC(=O)c1ccc(C)c(C)c1. The number of aryl methyl sites for hydroxylation is 2. The maximum Gasteiger partial charge on any atom is 0.164 e. The zero-order chi connectivity index (χ0) is 12.1. The Morgan fingerprint density at radius 3 is 2.62 bits per heavy atom. The molecule has 0 aliphatic heterocycles. The van der Waals surface area contributed by atoms with E-state index in [1.165, 1.54) is 5.56 Å². The van der Waals surface area contributed by atoms with Gasteiger partial charge in [0.1, 0.15) is 0 Å². The van der Waals surface area contributed by atoms with Crippen LogP contribution in [0.3, 0.4) is 0 Å². The summed E-state index contributed by atoms with van der Waals surface area (Å²) < 4.78 is 4.91. The van der Waals surface area contributed by atoms with Gasteiger partial charge in [0, 0.05) is 25.1 Å². The molecule has 0 amide bonds. The average Bonchev–Trinajstić information content (AvgIpc) is 2.22. The minimum absolute atomic E-state index is 0.0765. The second kappa shape index (κ2) is 5.77. The summed E-state index contributed by atoms with van der Waals surface area (Å²) in [7, 11) is 1.58. The van der Waals surface area contributed by atoms with Crippen LogP contribution in [-0.4, -0.2) is 25.5 Å². The first-order valence-corrected chi connectivity index (χ1v) is 5.39. The van der Waals surface area contributed by atoms with Gasteiger partial charge in [0.05, 0.1) is 6.61 Å². The van der Waals surface area contributed by atoms with Crippen LogP contribution in [-0.2, 0) is 4.74 Å². The lowest BCUT2D eigenvalue weighted by Crippen LogP contribution is -2.28. The molecule has 1 aromatic carbocycles. The molecule has 0 spiro atoms. The van der Waals surface area contributed by atoms with Crippen molar-refractivity contribution in [2.24, 2.45) is 5.73 Å². The molecule has 16 heavy (non-hydrogen) atoms. The van der Waals surface area contributed by atoms with E-state index in [1.54, 1.807) is 7.11 Å². The molecule has 88 valence electrons. The van der Waals surface area contributed by atoms with E-state index < -0.39 is 0 Å². The molecule has 1 rings (SSSR count). The molecule has 0 radical (unpaired) electrons. The summed E-state index contributed by atoms with van der Waals surface area (Å²) in [6, 6.07) is 5.50. The van der Waals surface area contributed by atoms with E-state index in [4.69, 9.17) is 10.5 Å². The number of methoxy groups -OCH3 is 1. The van der Waals surface area contributed by atoms with Crippen LogP contribution in [0.4, 0.5) is 0 Å². The highest BCUT2D eigenvalue weighted by Gasteiger charge is 2.11. The Morgan fingerprint density at radius 2 is 2.06 bits per heavy atom. The molecule has 0 saturated heterocycles. The van der Waals surface area contributed by atoms with Gasteiger partial charge in [-0.25, -0.2) is 0 Å². The van der Waals surface area contributed by atoms with E-state index >= 15 is 0 Å². The first-order valence-electron chi connectivity index (χ1n) is 5.39. The van der Waals surface area contributed by atoms with E-state index in [-0.39, 0.29) is 11.8 Å². The van der Waals surface area contributed by atoms with Crippen molar-refractivity contribution in [1.29, 1.82) is 0 Å². The normalized spacial score (nSPS) is 12.5. The largest absolute Gasteiger partial charge is 0.383 e. The number of hydrogen-bond donors (Lipinski definition) is 1. The van der Waals surface area contributed by atoms with Crippen molar-refractivity contribution in [1.82, 2.24) is 0 Å². The summed E-state index contributed by atoms with van der Waals surface area (Å²) in [5.41, 5.74) is 8.80. The van der Waals surface area contributed by atoms with Crippen molar-refractivity contribution in [2.45, 2.75) is 26.3 Å². The first-order chi connectivity index (χ1) is 7.54. The Labute approximate surface area is 96.6 Å². The summed E-state index contributed by atoms with van der Waals surface area (Å²) >= 11 is 0. The topological polar surface area (TPSA) is 52.3 Å². The van der Waals surface area contributed by atoms with E-state index in [0.717, 1.165) is 11.1 Å². The number of carbonyl (C=O) groups excluding carboxylic acids is 1. The zero-order valence-corrected chi connectivity index (χ0v) is 10.1. The van der Waals surface area contributed by atoms with Gasteiger partial charge in [0.2, 0.25) is 0 Å². The van der Waals surface area contributed by atoms with Crippen molar-refractivity contribution < 1.29 is 9.53 Å². The molecule has 1 unspecified atom stereocenters. The maximum atomic E-state index is 11.9. The van der Waals surface area contributed by atoms with Crippen LogP contribution in [0.15, 0.2) is 18.2 Å². The van der Waals surface area contributed by atoms with Gasteiger partial charge >= 0.3 is 0 Å². The van der Waals surface area contributed by atoms with Crippen molar-refractivity contribution in [3.8, 4) is 0 Å². The number of nitrogens with two attached hydrogens (primary N) is 1. The van der Waals surface area contributed by atoms with Crippen LogP contribution >= 0.6 is 0 Å². The third-order valence-corrected chi connectivity index (χ3v) is 2.66. The molecular formula is C13H19NO2. The molecule has 1 atom stereocenters. The molecule has 0 aromatic heterocycles. The summed E-state index contributed by atoms with van der Waals surface area (Å²) in [5.74, 6) is 0.0765. The number of ether oxygens (including phenoxy) is 1. The average molecular weight is 221 g/mol. The summed E-state index contributed by atoms with van der Waals surface area (Å²) in [5, 5.41) is 0. The highest BCUT2D eigenvalue weighted by Crippen LogP contribution is 2.12. The Hall–Kier alpha value is -1.19. The standard InChI is InChI=1S/C13H19NO2/c1-9-4-5-11(6-10(9)2)13(15)7-12(14)8-16-3/h4-6,12H,7-8,14H2,1-3H3. The molecule has 3 nitrogen and oxygen atoms in total. The number of ketones is 1. The number of Topliss-reactive ketones (excluding diaryl/α,β-unsaturated/α-hetero) is 1. The molecular weight excluding hydrogens is 202 g/mol. The lowest BCUT2D eigenvalue weighted by Gasteiger charge is -2.10. The van der Waals surface area contributed by atoms with Crippen LogP contribution in [0.25, 0.3) is 0 Å². The third-order valence-electron chi connectivity index (χ3n) is 2.66. The van der Waals surface area contributed by atoms with Crippen molar-refractivity contribution in [2.75, 3.05) is 13.7 Å². The van der Waals surface area contributed by atoms with Gasteiger partial charge in [0.25, 0.3) is 0 Å². The number of carbonyl (C=O) groups is 1. The van der Waals surface area contributed by atoms with Gasteiger partial charge < -0.3 is 10.5 Å². The smallest absolute Gasteiger partial charge is 0.164 e. The lowest BCUT2D eigenvalue weighted by atomic mass is 10.0. The first kappa shape index (κ1) is 12.9. The summed E-state index contributed by atoms with van der Waals surface area (Å²) in [4.78, 5) is 11.9.